The maximum atomic E-state index is 12.8. The van der Waals surface area contributed by atoms with Gasteiger partial charge in [0.25, 0.3) is 0 Å². The van der Waals surface area contributed by atoms with Crippen molar-refractivity contribution >= 4 is 10.0 Å². The SMILES string of the molecule is Cc1cc(C)c(S(=O)(=O)NCc2ccc(F)cc2)cc1C. The zero-order chi connectivity index (χ0) is 15.6. The van der Waals surface area contributed by atoms with E-state index in [1.807, 2.05) is 19.9 Å². The lowest BCUT2D eigenvalue weighted by molar-refractivity contribution is 0.580. The van der Waals surface area contributed by atoms with Crippen LogP contribution in [0.5, 0.6) is 0 Å². The molecule has 2 rings (SSSR count). The van der Waals surface area contributed by atoms with Crippen molar-refractivity contribution in [2.75, 3.05) is 0 Å². The number of hydrogen-bond acceptors (Lipinski definition) is 2. The molecule has 2 aromatic rings. The number of benzene rings is 2. The molecule has 0 unspecified atom stereocenters. The van der Waals surface area contributed by atoms with Crippen molar-refractivity contribution < 1.29 is 12.8 Å². The van der Waals surface area contributed by atoms with Crippen LogP contribution in [0.15, 0.2) is 41.3 Å². The van der Waals surface area contributed by atoms with Gasteiger partial charge in [0.15, 0.2) is 0 Å². The van der Waals surface area contributed by atoms with Crippen LogP contribution in [-0.4, -0.2) is 8.42 Å². The Labute approximate surface area is 124 Å². The Bertz CT molecular complexity index is 753. The monoisotopic (exact) mass is 307 g/mol. The van der Waals surface area contributed by atoms with E-state index >= 15 is 0 Å². The molecular formula is C16H18FNO2S. The first kappa shape index (κ1) is 15.7. The standard InChI is InChI=1S/C16H18FNO2S/c1-11-8-13(3)16(9-12(11)2)21(19,20)18-10-14-4-6-15(17)7-5-14/h4-9,18H,10H2,1-3H3. The third-order valence-corrected chi connectivity index (χ3v) is 5.00. The molecule has 112 valence electrons. The smallest absolute Gasteiger partial charge is 0.207 e. The largest absolute Gasteiger partial charge is 0.241 e. The molecule has 5 heteroatoms. The molecule has 1 N–H and O–H groups in total. The summed E-state index contributed by atoms with van der Waals surface area (Å²) in [5, 5.41) is 0. The molecule has 0 aromatic heterocycles. The first-order chi connectivity index (χ1) is 9.79. The highest BCUT2D eigenvalue weighted by Crippen LogP contribution is 2.20. The number of sulfonamides is 1. The van der Waals surface area contributed by atoms with Gasteiger partial charge in [0, 0.05) is 6.54 Å². The Kier molecular flexibility index (Phi) is 4.44. The second kappa shape index (κ2) is 5.95. The molecule has 0 aliphatic heterocycles. The average Bonchev–Trinajstić information content (AvgIpc) is 2.42. The van der Waals surface area contributed by atoms with Crippen molar-refractivity contribution in [1.82, 2.24) is 4.72 Å². The van der Waals surface area contributed by atoms with Crippen LogP contribution < -0.4 is 4.72 Å². The van der Waals surface area contributed by atoms with Gasteiger partial charge in [-0.05, 0) is 61.2 Å². The van der Waals surface area contributed by atoms with Crippen LogP contribution in [-0.2, 0) is 16.6 Å². The van der Waals surface area contributed by atoms with Crippen LogP contribution in [0.3, 0.4) is 0 Å². The van der Waals surface area contributed by atoms with Crippen LogP contribution in [0.1, 0.15) is 22.3 Å². The molecule has 0 fully saturated rings. The summed E-state index contributed by atoms with van der Waals surface area (Å²) in [5.74, 6) is -0.341. The molecule has 0 atom stereocenters. The molecule has 0 bridgehead atoms. The van der Waals surface area contributed by atoms with Gasteiger partial charge in [0.05, 0.1) is 4.90 Å². The minimum atomic E-state index is -3.58. The van der Waals surface area contributed by atoms with Gasteiger partial charge < -0.3 is 0 Å². The molecule has 0 saturated heterocycles. The fourth-order valence-corrected chi connectivity index (χ4v) is 3.41. The summed E-state index contributed by atoms with van der Waals surface area (Å²) >= 11 is 0. The Morgan fingerprint density at radius 2 is 1.52 bits per heavy atom. The number of rotatable bonds is 4. The molecular weight excluding hydrogens is 289 g/mol. The van der Waals surface area contributed by atoms with Crippen LogP contribution in [0.2, 0.25) is 0 Å². The van der Waals surface area contributed by atoms with Crippen molar-refractivity contribution in [2.45, 2.75) is 32.2 Å². The maximum Gasteiger partial charge on any atom is 0.241 e. The second-order valence-corrected chi connectivity index (χ2v) is 6.89. The molecule has 0 heterocycles. The van der Waals surface area contributed by atoms with E-state index in [1.54, 1.807) is 25.1 Å². The van der Waals surface area contributed by atoms with Gasteiger partial charge >= 0.3 is 0 Å². The lowest BCUT2D eigenvalue weighted by Gasteiger charge is -2.12. The summed E-state index contributed by atoms with van der Waals surface area (Å²) in [6.07, 6.45) is 0. The molecule has 2 aromatic carbocycles. The van der Waals surface area contributed by atoms with Gasteiger partial charge in [0.1, 0.15) is 5.82 Å². The van der Waals surface area contributed by atoms with Crippen LogP contribution in [0.4, 0.5) is 4.39 Å². The summed E-state index contributed by atoms with van der Waals surface area (Å²) < 4.78 is 40.1. The maximum absolute atomic E-state index is 12.8. The number of hydrogen-bond donors (Lipinski definition) is 1. The average molecular weight is 307 g/mol. The quantitative estimate of drug-likeness (QED) is 0.942. The van der Waals surface area contributed by atoms with E-state index in [-0.39, 0.29) is 17.3 Å². The van der Waals surface area contributed by atoms with Crippen molar-refractivity contribution in [2.24, 2.45) is 0 Å². The van der Waals surface area contributed by atoms with Crippen LogP contribution >= 0.6 is 0 Å². The Hall–Kier alpha value is -1.72. The van der Waals surface area contributed by atoms with E-state index in [9.17, 15) is 12.8 Å². The van der Waals surface area contributed by atoms with E-state index in [4.69, 9.17) is 0 Å². The van der Waals surface area contributed by atoms with E-state index in [0.717, 1.165) is 11.1 Å². The highest BCUT2D eigenvalue weighted by molar-refractivity contribution is 7.89. The minimum Gasteiger partial charge on any atom is -0.207 e. The first-order valence-corrected chi connectivity index (χ1v) is 8.10. The number of nitrogens with one attached hydrogen (secondary N) is 1. The minimum absolute atomic E-state index is 0.134. The third-order valence-electron chi connectivity index (χ3n) is 3.46. The Morgan fingerprint density at radius 1 is 0.952 bits per heavy atom. The van der Waals surface area contributed by atoms with E-state index in [2.05, 4.69) is 4.72 Å². The van der Waals surface area contributed by atoms with Gasteiger partial charge in [-0.25, -0.2) is 17.5 Å². The summed E-state index contributed by atoms with van der Waals surface area (Å²) in [6, 6.07) is 9.28. The molecule has 21 heavy (non-hydrogen) atoms. The van der Waals surface area contributed by atoms with Crippen molar-refractivity contribution in [1.29, 1.82) is 0 Å². The Morgan fingerprint density at radius 3 is 2.14 bits per heavy atom. The first-order valence-electron chi connectivity index (χ1n) is 6.61. The number of halogens is 1. The lowest BCUT2D eigenvalue weighted by Crippen LogP contribution is -2.24. The molecule has 0 saturated carbocycles. The molecule has 0 amide bonds. The molecule has 3 nitrogen and oxygen atoms in total. The summed E-state index contributed by atoms with van der Waals surface area (Å²) in [6.45, 7) is 5.74. The predicted octanol–water partition coefficient (Wildman–Crippen LogP) is 3.23. The van der Waals surface area contributed by atoms with Crippen LogP contribution in [0.25, 0.3) is 0 Å². The van der Waals surface area contributed by atoms with Gasteiger partial charge in [-0.2, -0.15) is 0 Å². The van der Waals surface area contributed by atoms with Gasteiger partial charge in [0.2, 0.25) is 10.0 Å². The number of aryl methyl sites for hydroxylation is 3. The molecule has 0 aliphatic carbocycles. The van der Waals surface area contributed by atoms with E-state index < -0.39 is 10.0 Å². The molecule has 0 radical (unpaired) electrons. The highest BCUT2D eigenvalue weighted by atomic mass is 32.2. The summed E-state index contributed by atoms with van der Waals surface area (Å²) in [4.78, 5) is 0.285. The molecule has 0 aliphatic rings. The third kappa shape index (κ3) is 3.68. The fourth-order valence-electron chi connectivity index (χ4n) is 2.08. The van der Waals surface area contributed by atoms with Gasteiger partial charge in [-0.3, -0.25) is 0 Å². The van der Waals surface area contributed by atoms with Gasteiger partial charge in [-0.1, -0.05) is 18.2 Å². The van der Waals surface area contributed by atoms with E-state index in [1.165, 1.54) is 12.1 Å². The summed E-state index contributed by atoms with van der Waals surface area (Å²) in [5.41, 5.74) is 3.42. The van der Waals surface area contributed by atoms with Crippen molar-refractivity contribution in [3.05, 3.63) is 64.5 Å². The lowest BCUT2D eigenvalue weighted by atomic mass is 10.1. The predicted molar refractivity (Wildman–Crippen MR) is 81.1 cm³/mol. The van der Waals surface area contributed by atoms with Gasteiger partial charge in [-0.15, -0.1) is 0 Å². The van der Waals surface area contributed by atoms with E-state index in [0.29, 0.717) is 11.1 Å². The van der Waals surface area contributed by atoms with Crippen molar-refractivity contribution in [3.8, 4) is 0 Å². The normalized spacial score (nSPS) is 11.6. The highest BCUT2D eigenvalue weighted by Gasteiger charge is 2.17. The summed E-state index contributed by atoms with van der Waals surface area (Å²) in [7, 11) is -3.58. The van der Waals surface area contributed by atoms with Crippen LogP contribution in [0, 0.1) is 26.6 Å². The topological polar surface area (TPSA) is 46.2 Å². The Balaban J connectivity index is 2.22. The second-order valence-electron chi connectivity index (χ2n) is 5.15. The fraction of sp³-hybridized carbons (Fsp3) is 0.250. The molecule has 0 spiro atoms. The van der Waals surface area contributed by atoms with Crippen molar-refractivity contribution in [3.63, 3.8) is 0 Å². The zero-order valence-corrected chi connectivity index (χ0v) is 13.1. The zero-order valence-electron chi connectivity index (χ0n) is 12.3.